The van der Waals surface area contributed by atoms with Gasteiger partial charge in [-0.3, -0.25) is 0 Å². The highest BCUT2D eigenvalue weighted by atomic mass is 16.4. The average Bonchev–Trinajstić information content (AvgIpc) is 2.54. The first-order chi connectivity index (χ1) is 11.0. The van der Waals surface area contributed by atoms with Crippen molar-refractivity contribution in [3.05, 3.63) is 47.4 Å². The second-order valence-electron chi connectivity index (χ2n) is 6.21. The van der Waals surface area contributed by atoms with Crippen LogP contribution in [0.25, 0.3) is 11.3 Å². The summed E-state index contributed by atoms with van der Waals surface area (Å²) < 4.78 is 0. The third-order valence-electron chi connectivity index (χ3n) is 4.31. The van der Waals surface area contributed by atoms with Crippen LogP contribution in [0.1, 0.15) is 40.6 Å². The number of nitrogens with zero attached hydrogens (tertiary/aromatic N) is 3. The van der Waals surface area contributed by atoms with Gasteiger partial charge in [-0.1, -0.05) is 12.1 Å². The first kappa shape index (κ1) is 15.6. The molecule has 0 saturated carbocycles. The number of hydrogen-bond acceptors (Lipinski definition) is 4. The maximum absolute atomic E-state index is 11.2. The number of likely N-dealkylation sites (N-methyl/N-ethyl adjacent to an activating group) is 1. The monoisotopic (exact) mass is 311 g/mol. The van der Waals surface area contributed by atoms with E-state index in [0.29, 0.717) is 5.92 Å². The van der Waals surface area contributed by atoms with E-state index in [0.717, 1.165) is 42.3 Å². The number of likely N-dealkylation sites (tertiary alicyclic amines) is 1. The van der Waals surface area contributed by atoms with Crippen LogP contribution in [-0.4, -0.2) is 46.1 Å². The Labute approximate surface area is 136 Å². The molecule has 1 aromatic heterocycles. The number of hydrogen-bond donors (Lipinski definition) is 1. The zero-order valence-corrected chi connectivity index (χ0v) is 13.5. The van der Waals surface area contributed by atoms with Gasteiger partial charge in [0.25, 0.3) is 0 Å². The van der Waals surface area contributed by atoms with E-state index in [1.54, 1.807) is 18.2 Å². The smallest absolute Gasteiger partial charge is 0.335 e. The fourth-order valence-corrected chi connectivity index (χ4v) is 3.17. The molecule has 0 spiro atoms. The van der Waals surface area contributed by atoms with Gasteiger partial charge in [0.1, 0.15) is 5.82 Å². The molecule has 2 aromatic rings. The van der Waals surface area contributed by atoms with Crippen LogP contribution in [0.2, 0.25) is 0 Å². The number of rotatable bonds is 3. The van der Waals surface area contributed by atoms with Crippen molar-refractivity contribution < 1.29 is 9.90 Å². The Hall–Kier alpha value is -2.27. The number of aryl methyl sites for hydroxylation is 1. The molecule has 1 N–H and O–H groups in total. The molecule has 23 heavy (non-hydrogen) atoms. The van der Waals surface area contributed by atoms with Crippen molar-refractivity contribution in [3.8, 4) is 11.3 Å². The lowest BCUT2D eigenvalue weighted by molar-refractivity contribution is 0.0697. The van der Waals surface area contributed by atoms with Gasteiger partial charge in [0, 0.05) is 23.7 Å². The van der Waals surface area contributed by atoms with E-state index in [1.165, 1.54) is 6.42 Å². The maximum Gasteiger partial charge on any atom is 0.335 e. The summed E-state index contributed by atoms with van der Waals surface area (Å²) in [7, 11) is 2.14. The van der Waals surface area contributed by atoms with Gasteiger partial charge >= 0.3 is 5.97 Å². The fourth-order valence-electron chi connectivity index (χ4n) is 3.17. The summed E-state index contributed by atoms with van der Waals surface area (Å²) in [6, 6.07) is 8.92. The highest BCUT2D eigenvalue weighted by Gasteiger charge is 2.21. The largest absolute Gasteiger partial charge is 0.478 e. The van der Waals surface area contributed by atoms with Gasteiger partial charge in [-0.25, -0.2) is 14.8 Å². The van der Waals surface area contributed by atoms with Crippen molar-refractivity contribution in [1.82, 2.24) is 14.9 Å². The van der Waals surface area contributed by atoms with Crippen molar-refractivity contribution in [2.24, 2.45) is 0 Å². The minimum atomic E-state index is -0.924. The lowest BCUT2D eigenvalue weighted by atomic mass is 9.94. The number of benzene rings is 1. The molecule has 1 atom stereocenters. The van der Waals surface area contributed by atoms with Crippen LogP contribution in [0.3, 0.4) is 0 Å². The van der Waals surface area contributed by atoms with Gasteiger partial charge in [0.05, 0.1) is 11.3 Å². The number of aromatic carboxylic acids is 1. The van der Waals surface area contributed by atoms with Gasteiger partial charge in [-0.15, -0.1) is 0 Å². The summed E-state index contributed by atoms with van der Waals surface area (Å²) in [5, 5.41) is 9.16. The summed E-state index contributed by atoms with van der Waals surface area (Å²) >= 11 is 0. The first-order valence-electron chi connectivity index (χ1n) is 7.91. The summed E-state index contributed by atoms with van der Waals surface area (Å²) in [5.41, 5.74) is 2.95. The summed E-state index contributed by atoms with van der Waals surface area (Å²) in [6.07, 6.45) is 2.31. The van der Waals surface area contributed by atoms with Crippen LogP contribution < -0.4 is 0 Å². The van der Waals surface area contributed by atoms with Crippen LogP contribution in [0.4, 0.5) is 0 Å². The number of carboxylic acids is 1. The normalized spacial score (nSPS) is 18.8. The molecule has 2 heterocycles. The molecule has 0 bridgehead atoms. The number of carbonyl (C=O) groups is 1. The van der Waals surface area contributed by atoms with Gasteiger partial charge in [0.2, 0.25) is 0 Å². The molecule has 3 rings (SSSR count). The number of aromatic nitrogens is 2. The van der Waals surface area contributed by atoms with Crippen molar-refractivity contribution in [1.29, 1.82) is 0 Å². The third-order valence-corrected chi connectivity index (χ3v) is 4.31. The summed E-state index contributed by atoms with van der Waals surface area (Å²) in [4.78, 5) is 22.6. The molecule has 1 saturated heterocycles. The second-order valence-corrected chi connectivity index (χ2v) is 6.21. The van der Waals surface area contributed by atoms with Crippen LogP contribution in [-0.2, 0) is 0 Å². The van der Waals surface area contributed by atoms with E-state index in [1.807, 2.05) is 19.1 Å². The minimum Gasteiger partial charge on any atom is -0.478 e. The molecule has 5 heteroatoms. The quantitative estimate of drug-likeness (QED) is 0.944. The van der Waals surface area contributed by atoms with Crippen LogP contribution in [0, 0.1) is 6.92 Å². The Morgan fingerprint density at radius 1 is 1.30 bits per heavy atom. The molecule has 0 radical (unpaired) electrons. The van der Waals surface area contributed by atoms with Gasteiger partial charge in [0.15, 0.2) is 0 Å². The number of piperidine rings is 1. The lowest BCUT2D eigenvalue weighted by Crippen LogP contribution is -2.31. The summed E-state index contributed by atoms with van der Waals surface area (Å²) in [6.45, 7) is 4.03. The molecule has 5 nitrogen and oxygen atoms in total. The molecule has 0 amide bonds. The highest BCUT2D eigenvalue weighted by Crippen LogP contribution is 2.28. The molecule has 0 aliphatic carbocycles. The first-order valence-corrected chi connectivity index (χ1v) is 7.91. The predicted molar refractivity (Wildman–Crippen MR) is 88.6 cm³/mol. The number of carboxylic acid groups (broad SMARTS) is 1. The Kier molecular flexibility index (Phi) is 4.39. The molecule has 1 aromatic carbocycles. The molecule has 1 aliphatic rings. The Morgan fingerprint density at radius 2 is 2.13 bits per heavy atom. The van der Waals surface area contributed by atoms with Gasteiger partial charge in [-0.05, 0) is 51.6 Å². The minimum absolute atomic E-state index is 0.276. The Balaban J connectivity index is 1.97. The van der Waals surface area contributed by atoms with E-state index >= 15 is 0 Å². The molecular weight excluding hydrogens is 290 g/mol. The van der Waals surface area contributed by atoms with E-state index in [2.05, 4.69) is 21.9 Å². The molecule has 1 fully saturated rings. The Bertz CT molecular complexity index is 730. The zero-order chi connectivity index (χ0) is 16.4. The van der Waals surface area contributed by atoms with Crippen molar-refractivity contribution in [2.45, 2.75) is 25.7 Å². The van der Waals surface area contributed by atoms with Crippen molar-refractivity contribution in [3.63, 3.8) is 0 Å². The molecule has 0 unspecified atom stereocenters. The standard InChI is InChI=1S/C18H21N3O2/c1-12-19-16(13-5-3-6-14(9-13)18(22)23)10-17(20-12)15-7-4-8-21(2)11-15/h3,5-6,9-10,15H,4,7-8,11H2,1-2H3,(H,22,23)/t15-/m1/s1. The van der Waals surface area contributed by atoms with E-state index in [-0.39, 0.29) is 5.56 Å². The highest BCUT2D eigenvalue weighted by molar-refractivity contribution is 5.89. The average molecular weight is 311 g/mol. The predicted octanol–water partition coefficient (Wildman–Crippen LogP) is 2.96. The van der Waals surface area contributed by atoms with Crippen molar-refractivity contribution >= 4 is 5.97 Å². The van der Waals surface area contributed by atoms with E-state index < -0.39 is 5.97 Å². The van der Waals surface area contributed by atoms with E-state index in [4.69, 9.17) is 5.11 Å². The van der Waals surface area contributed by atoms with E-state index in [9.17, 15) is 4.79 Å². The SMILES string of the molecule is Cc1nc(-c2cccc(C(=O)O)c2)cc([C@@H]2CCCN(C)C2)n1. The zero-order valence-electron chi connectivity index (χ0n) is 13.5. The third kappa shape index (κ3) is 3.56. The second kappa shape index (κ2) is 6.46. The maximum atomic E-state index is 11.2. The molecular formula is C18H21N3O2. The van der Waals surface area contributed by atoms with Crippen LogP contribution in [0.5, 0.6) is 0 Å². The molecule has 1 aliphatic heterocycles. The van der Waals surface area contributed by atoms with Crippen LogP contribution in [0.15, 0.2) is 30.3 Å². The lowest BCUT2D eigenvalue weighted by Gasteiger charge is -2.29. The van der Waals surface area contributed by atoms with Crippen LogP contribution >= 0.6 is 0 Å². The summed E-state index contributed by atoms with van der Waals surface area (Å²) in [5.74, 6) is 0.218. The van der Waals surface area contributed by atoms with Crippen molar-refractivity contribution in [2.75, 3.05) is 20.1 Å². The molecule has 120 valence electrons. The van der Waals surface area contributed by atoms with Gasteiger partial charge in [-0.2, -0.15) is 0 Å². The fraction of sp³-hybridized carbons (Fsp3) is 0.389. The van der Waals surface area contributed by atoms with Gasteiger partial charge < -0.3 is 10.0 Å². The Morgan fingerprint density at radius 3 is 2.87 bits per heavy atom. The topological polar surface area (TPSA) is 66.3 Å².